The summed E-state index contributed by atoms with van der Waals surface area (Å²) in [4.78, 5) is 0. The summed E-state index contributed by atoms with van der Waals surface area (Å²) in [6, 6.07) is 4.88. The highest BCUT2D eigenvalue weighted by molar-refractivity contribution is 6.30. The molecular weight excluding hydrogens is 261 g/mol. The topological polar surface area (TPSA) is 12.0 Å². The van der Waals surface area contributed by atoms with Gasteiger partial charge in [0.25, 0.3) is 0 Å². The maximum Gasteiger partial charge on any atom is 0.128 e. The Morgan fingerprint density at radius 3 is 2.47 bits per heavy atom. The highest BCUT2D eigenvalue weighted by Crippen LogP contribution is 2.28. The van der Waals surface area contributed by atoms with Gasteiger partial charge in [0.2, 0.25) is 0 Å². The molecule has 19 heavy (non-hydrogen) atoms. The summed E-state index contributed by atoms with van der Waals surface area (Å²) in [6.45, 7) is 7.41. The number of hydrogen-bond acceptors (Lipinski definition) is 1. The predicted molar refractivity (Wildman–Crippen MR) is 81.1 cm³/mol. The molecule has 1 aromatic carbocycles. The number of halogens is 2. The van der Waals surface area contributed by atoms with Crippen LogP contribution < -0.4 is 5.32 Å². The Labute approximate surface area is 121 Å². The van der Waals surface area contributed by atoms with Crippen LogP contribution in [0.25, 0.3) is 0 Å². The molecule has 1 N–H and O–H groups in total. The quantitative estimate of drug-likeness (QED) is 0.679. The third-order valence-electron chi connectivity index (χ3n) is 3.70. The Hall–Kier alpha value is -0.600. The van der Waals surface area contributed by atoms with Gasteiger partial charge >= 0.3 is 0 Å². The summed E-state index contributed by atoms with van der Waals surface area (Å²) in [5.41, 5.74) is 0.702. The Morgan fingerprint density at radius 2 is 1.89 bits per heavy atom. The maximum atomic E-state index is 14.0. The largest absolute Gasteiger partial charge is 0.310 e. The summed E-state index contributed by atoms with van der Waals surface area (Å²) in [5.74, 6) is 0.455. The SMILES string of the molecule is CCCNC(CC(CC)CC)c1cc(Cl)ccc1F. The first-order chi connectivity index (χ1) is 9.12. The molecule has 0 saturated heterocycles. The minimum Gasteiger partial charge on any atom is -0.310 e. The molecule has 0 aliphatic rings. The van der Waals surface area contributed by atoms with Crippen molar-refractivity contribution in [1.82, 2.24) is 5.32 Å². The standard InChI is InChI=1S/C16H25ClFN/c1-4-9-19-16(10-12(5-2)6-3)14-11-13(17)7-8-15(14)18/h7-8,11-12,16,19H,4-6,9-10H2,1-3H3. The van der Waals surface area contributed by atoms with E-state index in [2.05, 4.69) is 26.1 Å². The fraction of sp³-hybridized carbons (Fsp3) is 0.625. The molecular formula is C16H25ClFN. The Morgan fingerprint density at radius 1 is 1.21 bits per heavy atom. The molecule has 3 heteroatoms. The first-order valence-electron chi connectivity index (χ1n) is 7.30. The van der Waals surface area contributed by atoms with Crippen LogP contribution in [0.1, 0.15) is 58.1 Å². The van der Waals surface area contributed by atoms with E-state index in [0.29, 0.717) is 16.5 Å². The molecule has 0 amide bonds. The van der Waals surface area contributed by atoms with Gasteiger partial charge in [-0.2, -0.15) is 0 Å². The van der Waals surface area contributed by atoms with Crippen LogP contribution in [0.3, 0.4) is 0 Å². The second-order valence-electron chi connectivity index (χ2n) is 5.09. The summed E-state index contributed by atoms with van der Waals surface area (Å²) >= 11 is 6.00. The van der Waals surface area contributed by atoms with E-state index in [1.165, 1.54) is 6.07 Å². The Bertz CT molecular complexity index is 377. The highest BCUT2D eigenvalue weighted by Gasteiger charge is 2.19. The number of nitrogens with one attached hydrogen (secondary N) is 1. The highest BCUT2D eigenvalue weighted by atomic mass is 35.5. The second kappa shape index (κ2) is 8.55. The van der Waals surface area contributed by atoms with Gasteiger partial charge in [-0.1, -0.05) is 45.2 Å². The molecule has 0 fully saturated rings. The van der Waals surface area contributed by atoms with Gasteiger partial charge in [-0.3, -0.25) is 0 Å². The molecule has 0 aliphatic carbocycles. The van der Waals surface area contributed by atoms with E-state index in [9.17, 15) is 4.39 Å². The molecule has 0 heterocycles. The lowest BCUT2D eigenvalue weighted by molar-refractivity contribution is 0.364. The molecule has 1 atom stereocenters. The molecule has 1 nitrogen and oxygen atoms in total. The Balaban J connectivity index is 2.91. The average molecular weight is 286 g/mol. The lowest BCUT2D eigenvalue weighted by Gasteiger charge is -2.24. The molecule has 1 unspecified atom stereocenters. The molecule has 108 valence electrons. The van der Waals surface area contributed by atoms with Gasteiger partial charge in [0.15, 0.2) is 0 Å². The average Bonchev–Trinajstić information content (AvgIpc) is 2.42. The molecule has 1 aromatic rings. The van der Waals surface area contributed by atoms with Crippen LogP contribution in [-0.2, 0) is 0 Å². The number of benzene rings is 1. The second-order valence-corrected chi connectivity index (χ2v) is 5.53. The van der Waals surface area contributed by atoms with Gasteiger partial charge in [0.1, 0.15) is 5.82 Å². The van der Waals surface area contributed by atoms with Crippen molar-refractivity contribution in [2.45, 2.75) is 52.5 Å². The smallest absolute Gasteiger partial charge is 0.128 e. The van der Waals surface area contributed by atoms with Gasteiger partial charge < -0.3 is 5.32 Å². The van der Waals surface area contributed by atoms with E-state index in [0.717, 1.165) is 32.2 Å². The first kappa shape index (κ1) is 16.5. The number of hydrogen-bond donors (Lipinski definition) is 1. The molecule has 0 bridgehead atoms. The van der Waals surface area contributed by atoms with Gasteiger partial charge in [-0.05, 0) is 43.5 Å². The van der Waals surface area contributed by atoms with Gasteiger partial charge in [0.05, 0.1) is 0 Å². The first-order valence-corrected chi connectivity index (χ1v) is 7.68. The predicted octanol–water partition coefficient (Wildman–Crippen LogP) is 5.35. The van der Waals surface area contributed by atoms with Gasteiger partial charge in [-0.15, -0.1) is 0 Å². The summed E-state index contributed by atoms with van der Waals surface area (Å²) < 4.78 is 14.0. The summed E-state index contributed by atoms with van der Waals surface area (Å²) in [7, 11) is 0. The molecule has 0 aliphatic heterocycles. The van der Waals surface area contributed by atoms with Crippen LogP contribution in [0.5, 0.6) is 0 Å². The van der Waals surface area contributed by atoms with E-state index in [-0.39, 0.29) is 11.9 Å². The van der Waals surface area contributed by atoms with Crippen LogP contribution in [0, 0.1) is 11.7 Å². The van der Waals surface area contributed by atoms with Crippen LogP contribution in [0.4, 0.5) is 4.39 Å². The zero-order valence-electron chi connectivity index (χ0n) is 12.2. The van der Waals surface area contributed by atoms with Crippen LogP contribution in [-0.4, -0.2) is 6.54 Å². The zero-order chi connectivity index (χ0) is 14.3. The van der Waals surface area contributed by atoms with Crippen molar-refractivity contribution in [2.24, 2.45) is 5.92 Å². The molecule has 0 radical (unpaired) electrons. The van der Waals surface area contributed by atoms with Crippen molar-refractivity contribution in [3.63, 3.8) is 0 Å². The van der Waals surface area contributed by atoms with E-state index < -0.39 is 0 Å². The Kier molecular flexibility index (Phi) is 7.40. The summed E-state index contributed by atoms with van der Waals surface area (Å²) in [6.07, 6.45) is 4.26. The fourth-order valence-electron chi connectivity index (χ4n) is 2.38. The van der Waals surface area contributed by atoms with Crippen molar-refractivity contribution >= 4 is 11.6 Å². The van der Waals surface area contributed by atoms with Crippen molar-refractivity contribution in [2.75, 3.05) is 6.54 Å². The minimum absolute atomic E-state index is 0.0588. The van der Waals surface area contributed by atoms with E-state index >= 15 is 0 Å². The van der Waals surface area contributed by atoms with E-state index in [1.807, 2.05) is 0 Å². The maximum absolute atomic E-state index is 14.0. The summed E-state index contributed by atoms with van der Waals surface area (Å²) in [5, 5.41) is 4.06. The third-order valence-corrected chi connectivity index (χ3v) is 3.93. The van der Waals surface area contributed by atoms with Crippen molar-refractivity contribution in [1.29, 1.82) is 0 Å². The normalized spacial score (nSPS) is 12.9. The number of rotatable bonds is 8. The third kappa shape index (κ3) is 5.12. The molecule has 0 spiro atoms. The van der Waals surface area contributed by atoms with Crippen LogP contribution in [0.15, 0.2) is 18.2 Å². The van der Waals surface area contributed by atoms with Crippen LogP contribution >= 0.6 is 11.6 Å². The lowest BCUT2D eigenvalue weighted by atomic mass is 9.91. The van der Waals surface area contributed by atoms with Gasteiger partial charge in [-0.25, -0.2) is 4.39 Å². The monoisotopic (exact) mass is 285 g/mol. The van der Waals surface area contributed by atoms with Crippen LogP contribution in [0.2, 0.25) is 5.02 Å². The van der Waals surface area contributed by atoms with E-state index in [4.69, 9.17) is 11.6 Å². The zero-order valence-corrected chi connectivity index (χ0v) is 12.9. The van der Waals surface area contributed by atoms with Crippen molar-refractivity contribution in [3.8, 4) is 0 Å². The van der Waals surface area contributed by atoms with Gasteiger partial charge in [0, 0.05) is 16.6 Å². The lowest BCUT2D eigenvalue weighted by Crippen LogP contribution is -2.25. The molecule has 1 rings (SSSR count). The molecule has 0 aromatic heterocycles. The fourth-order valence-corrected chi connectivity index (χ4v) is 2.56. The van der Waals surface area contributed by atoms with Crippen molar-refractivity contribution < 1.29 is 4.39 Å². The van der Waals surface area contributed by atoms with Crippen molar-refractivity contribution in [3.05, 3.63) is 34.6 Å². The van der Waals surface area contributed by atoms with E-state index in [1.54, 1.807) is 12.1 Å². The molecule has 0 saturated carbocycles. The minimum atomic E-state index is -0.163.